The summed E-state index contributed by atoms with van der Waals surface area (Å²) in [6.07, 6.45) is 2.61. The molecule has 0 aromatic heterocycles. The van der Waals surface area contributed by atoms with E-state index in [0.29, 0.717) is 23.9 Å². The van der Waals surface area contributed by atoms with Crippen LogP contribution in [0.3, 0.4) is 0 Å². The molecule has 0 radical (unpaired) electrons. The number of carbonyl (C=O) groups is 1. The summed E-state index contributed by atoms with van der Waals surface area (Å²) >= 11 is 6.41. The number of benzene rings is 2. The molecule has 5 nitrogen and oxygen atoms in total. The summed E-state index contributed by atoms with van der Waals surface area (Å²) in [6, 6.07) is 15.7. The van der Waals surface area contributed by atoms with Crippen molar-refractivity contribution in [3.8, 4) is 5.75 Å². The third-order valence-electron chi connectivity index (χ3n) is 5.58. The Morgan fingerprint density at radius 3 is 2.45 bits per heavy atom. The lowest BCUT2D eigenvalue weighted by molar-refractivity contribution is 0.157. The second-order valence-corrected chi connectivity index (χ2v) is 7.97. The lowest BCUT2D eigenvalue weighted by atomic mass is 10.00. The maximum absolute atomic E-state index is 12.6. The van der Waals surface area contributed by atoms with E-state index in [9.17, 15) is 4.79 Å². The van der Waals surface area contributed by atoms with Crippen LogP contribution in [0.5, 0.6) is 5.75 Å². The third-order valence-corrected chi connectivity index (χ3v) is 5.90. The van der Waals surface area contributed by atoms with Gasteiger partial charge in [0, 0.05) is 45.3 Å². The van der Waals surface area contributed by atoms with Gasteiger partial charge in [0.2, 0.25) is 0 Å². The van der Waals surface area contributed by atoms with Gasteiger partial charge in [-0.1, -0.05) is 48.0 Å². The number of hydrogen-bond donors (Lipinski definition) is 0. The predicted octanol–water partition coefficient (Wildman–Crippen LogP) is 4.38. The summed E-state index contributed by atoms with van der Waals surface area (Å²) in [7, 11) is 2.12. The summed E-state index contributed by atoms with van der Waals surface area (Å²) < 4.78 is 5.66. The van der Waals surface area contributed by atoms with Gasteiger partial charge >= 0.3 is 6.09 Å². The van der Waals surface area contributed by atoms with Gasteiger partial charge in [-0.25, -0.2) is 4.79 Å². The fourth-order valence-corrected chi connectivity index (χ4v) is 4.00. The van der Waals surface area contributed by atoms with Crippen LogP contribution in [0, 0.1) is 0 Å². The van der Waals surface area contributed by atoms with E-state index in [1.54, 1.807) is 17.0 Å². The third kappa shape index (κ3) is 4.74. The average molecular weight is 412 g/mol. The Kier molecular flexibility index (Phi) is 6.07. The lowest BCUT2D eigenvalue weighted by Gasteiger charge is -2.34. The van der Waals surface area contributed by atoms with E-state index in [2.05, 4.69) is 35.1 Å². The monoisotopic (exact) mass is 411 g/mol. The Morgan fingerprint density at radius 2 is 1.76 bits per heavy atom. The highest BCUT2D eigenvalue weighted by atomic mass is 35.5. The first kappa shape index (κ1) is 19.8. The molecular formula is C23H26ClN3O2. The minimum absolute atomic E-state index is 0.319. The maximum Gasteiger partial charge on any atom is 0.415 e. The van der Waals surface area contributed by atoms with E-state index >= 15 is 0 Å². The summed E-state index contributed by atoms with van der Waals surface area (Å²) in [4.78, 5) is 18.9. The number of piperazine rings is 1. The van der Waals surface area contributed by atoms with E-state index in [1.807, 2.05) is 24.3 Å². The van der Waals surface area contributed by atoms with Crippen LogP contribution < -0.4 is 9.64 Å². The SMILES string of the molecule is CN1CCN(c2cc(OC(=O)N3CC=C(c4ccccc4)CC3)ccc2Cl)CC1. The lowest BCUT2D eigenvalue weighted by Crippen LogP contribution is -2.44. The molecule has 152 valence electrons. The minimum atomic E-state index is -0.319. The topological polar surface area (TPSA) is 36.0 Å². The van der Waals surface area contributed by atoms with Crippen molar-refractivity contribution in [2.24, 2.45) is 0 Å². The predicted molar refractivity (Wildman–Crippen MR) is 118 cm³/mol. The molecule has 0 bridgehead atoms. The van der Waals surface area contributed by atoms with E-state index in [-0.39, 0.29) is 6.09 Å². The quantitative estimate of drug-likeness (QED) is 0.750. The first-order valence-electron chi connectivity index (χ1n) is 10.0. The van der Waals surface area contributed by atoms with Crippen molar-refractivity contribution in [3.05, 3.63) is 65.2 Å². The molecule has 4 rings (SSSR count). The van der Waals surface area contributed by atoms with Crippen molar-refractivity contribution in [2.45, 2.75) is 6.42 Å². The Bertz CT molecular complexity index is 892. The van der Waals surface area contributed by atoms with Crippen molar-refractivity contribution in [3.63, 3.8) is 0 Å². The molecule has 2 aromatic rings. The van der Waals surface area contributed by atoms with Gasteiger partial charge in [0.1, 0.15) is 5.75 Å². The number of amides is 1. The van der Waals surface area contributed by atoms with Gasteiger partial charge in [-0.3, -0.25) is 0 Å². The Labute approximate surface area is 177 Å². The number of anilines is 1. The number of carbonyl (C=O) groups excluding carboxylic acids is 1. The Morgan fingerprint density at radius 1 is 1.00 bits per heavy atom. The summed E-state index contributed by atoms with van der Waals surface area (Å²) in [5, 5.41) is 0.683. The van der Waals surface area contributed by atoms with Gasteiger partial charge in [-0.2, -0.15) is 0 Å². The second kappa shape index (κ2) is 8.89. The summed E-state index contributed by atoms with van der Waals surface area (Å²) in [6.45, 7) is 5.01. The largest absolute Gasteiger partial charge is 0.415 e. The fraction of sp³-hybridized carbons (Fsp3) is 0.348. The molecule has 0 unspecified atom stereocenters. The van der Waals surface area contributed by atoms with Crippen LogP contribution in [-0.4, -0.2) is 62.2 Å². The highest BCUT2D eigenvalue weighted by molar-refractivity contribution is 6.33. The molecule has 0 spiro atoms. The first-order valence-corrected chi connectivity index (χ1v) is 10.4. The molecule has 2 aromatic carbocycles. The molecule has 6 heteroatoms. The maximum atomic E-state index is 12.6. The van der Waals surface area contributed by atoms with Gasteiger partial charge in [0.15, 0.2) is 0 Å². The van der Waals surface area contributed by atoms with Gasteiger partial charge in [-0.05, 0) is 36.7 Å². The molecule has 29 heavy (non-hydrogen) atoms. The molecule has 0 atom stereocenters. The molecule has 2 aliphatic rings. The number of nitrogens with zero attached hydrogens (tertiary/aromatic N) is 3. The molecule has 1 amide bonds. The summed E-state index contributed by atoms with van der Waals surface area (Å²) in [5.41, 5.74) is 3.42. The molecule has 0 aliphatic carbocycles. The molecule has 1 fully saturated rings. The standard InChI is InChI=1S/C23H26ClN3O2/c1-25-13-15-26(16-14-25)22-17-20(7-8-21(22)24)29-23(28)27-11-9-19(10-12-27)18-5-3-2-4-6-18/h2-9,17H,10-16H2,1H3. The first-order chi connectivity index (χ1) is 14.1. The molecule has 0 saturated carbocycles. The van der Waals surface area contributed by atoms with Crippen LogP contribution in [0.4, 0.5) is 10.5 Å². The van der Waals surface area contributed by atoms with Crippen molar-refractivity contribution in [2.75, 3.05) is 51.2 Å². The highest BCUT2D eigenvalue weighted by Crippen LogP contribution is 2.31. The molecule has 0 N–H and O–H groups in total. The van der Waals surface area contributed by atoms with Crippen molar-refractivity contribution >= 4 is 29.0 Å². The molecule has 2 heterocycles. The van der Waals surface area contributed by atoms with Gasteiger partial charge in [0.25, 0.3) is 0 Å². The number of ether oxygens (including phenoxy) is 1. The average Bonchev–Trinajstić information content (AvgIpc) is 2.76. The molecular weight excluding hydrogens is 386 g/mol. The van der Waals surface area contributed by atoms with Gasteiger partial charge < -0.3 is 19.4 Å². The van der Waals surface area contributed by atoms with Crippen LogP contribution in [-0.2, 0) is 0 Å². The molecule has 2 aliphatic heterocycles. The van der Waals surface area contributed by atoms with E-state index < -0.39 is 0 Å². The second-order valence-electron chi connectivity index (χ2n) is 7.56. The number of likely N-dealkylation sites (N-methyl/N-ethyl adjacent to an activating group) is 1. The zero-order valence-electron chi connectivity index (χ0n) is 16.7. The van der Waals surface area contributed by atoms with Crippen LogP contribution in [0.25, 0.3) is 5.57 Å². The van der Waals surface area contributed by atoms with Crippen LogP contribution in [0.1, 0.15) is 12.0 Å². The van der Waals surface area contributed by atoms with Crippen LogP contribution in [0.15, 0.2) is 54.6 Å². The zero-order chi connectivity index (χ0) is 20.2. The Balaban J connectivity index is 1.40. The van der Waals surface area contributed by atoms with Crippen LogP contribution in [0.2, 0.25) is 5.02 Å². The minimum Gasteiger partial charge on any atom is -0.410 e. The van der Waals surface area contributed by atoms with Gasteiger partial charge in [-0.15, -0.1) is 0 Å². The van der Waals surface area contributed by atoms with Gasteiger partial charge in [0.05, 0.1) is 10.7 Å². The van der Waals surface area contributed by atoms with Crippen molar-refractivity contribution < 1.29 is 9.53 Å². The number of rotatable bonds is 3. The van der Waals surface area contributed by atoms with E-state index in [1.165, 1.54) is 11.1 Å². The van der Waals surface area contributed by atoms with E-state index in [0.717, 1.165) is 38.3 Å². The normalized spacial score (nSPS) is 17.8. The summed E-state index contributed by atoms with van der Waals surface area (Å²) in [5.74, 6) is 0.533. The smallest absolute Gasteiger partial charge is 0.410 e. The van der Waals surface area contributed by atoms with Crippen molar-refractivity contribution in [1.82, 2.24) is 9.80 Å². The fourth-order valence-electron chi connectivity index (χ4n) is 3.76. The molecule has 1 saturated heterocycles. The number of halogens is 1. The van der Waals surface area contributed by atoms with E-state index in [4.69, 9.17) is 16.3 Å². The number of hydrogen-bond acceptors (Lipinski definition) is 4. The van der Waals surface area contributed by atoms with Crippen molar-refractivity contribution in [1.29, 1.82) is 0 Å². The highest BCUT2D eigenvalue weighted by Gasteiger charge is 2.21. The van der Waals surface area contributed by atoms with Crippen LogP contribution >= 0.6 is 11.6 Å². The zero-order valence-corrected chi connectivity index (χ0v) is 17.4. The Hall–Kier alpha value is -2.50.